The van der Waals surface area contributed by atoms with E-state index in [9.17, 15) is 23.1 Å². The minimum Gasteiger partial charge on any atom is -0.496 e. The van der Waals surface area contributed by atoms with Crippen molar-refractivity contribution in [1.82, 2.24) is 4.90 Å². The largest absolute Gasteiger partial charge is 0.496 e. The molecule has 1 N–H and O–H groups in total. The molecule has 0 radical (unpaired) electrons. The standard InChI is InChI=1S/C30H36F3NO4/c1-17-11-21(13-23(12-17)30(31,32)33)27-18(2)34(28(36)38-27)16-22-15-29(4,5)10-9-24(22)25-14-20(19(3)35)7-8-26(25)37-6/h7-8,11-14,18-19,27,35H,9-10,15-16H2,1-6H3/t18-,19?,27-/m0/s1. The van der Waals surface area contributed by atoms with E-state index in [0.29, 0.717) is 23.4 Å². The third-order valence-corrected chi connectivity index (χ3v) is 7.71. The van der Waals surface area contributed by atoms with Gasteiger partial charge in [0.15, 0.2) is 0 Å². The van der Waals surface area contributed by atoms with Crippen molar-refractivity contribution in [3.05, 3.63) is 69.8 Å². The highest BCUT2D eigenvalue weighted by Crippen LogP contribution is 2.46. The van der Waals surface area contributed by atoms with Gasteiger partial charge >= 0.3 is 12.3 Å². The summed E-state index contributed by atoms with van der Waals surface area (Å²) in [5.41, 5.74) is 3.85. The van der Waals surface area contributed by atoms with Crippen LogP contribution in [-0.2, 0) is 10.9 Å². The maximum atomic E-state index is 13.5. The lowest BCUT2D eigenvalue weighted by atomic mass is 9.72. The number of aliphatic hydroxyl groups excluding tert-OH is 1. The molecule has 0 bridgehead atoms. The minimum absolute atomic E-state index is 0.0123. The van der Waals surface area contributed by atoms with E-state index in [2.05, 4.69) is 13.8 Å². The van der Waals surface area contributed by atoms with Crippen LogP contribution in [0.1, 0.15) is 87.0 Å². The molecule has 2 aromatic carbocycles. The number of amides is 1. The molecule has 2 aliphatic rings. The first-order valence-electron chi connectivity index (χ1n) is 12.9. The van der Waals surface area contributed by atoms with E-state index < -0.39 is 36.1 Å². The SMILES string of the molecule is COc1ccc(C(C)O)cc1C1=C(CN2C(=O)O[C@H](c3cc(C)cc(C(F)(F)F)c3)[C@@H]2C)CC(C)(C)CC1. The molecule has 3 atom stereocenters. The first-order chi connectivity index (χ1) is 17.7. The van der Waals surface area contributed by atoms with Crippen LogP contribution < -0.4 is 4.74 Å². The number of allylic oxidation sites excluding steroid dienone is 1. The minimum atomic E-state index is -4.49. The first kappa shape index (κ1) is 28.0. The van der Waals surface area contributed by atoms with Crippen molar-refractivity contribution in [3.63, 3.8) is 0 Å². The zero-order valence-corrected chi connectivity index (χ0v) is 22.8. The van der Waals surface area contributed by atoms with Crippen LogP contribution in [-0.4, -0.2) is 35.8 Å². The Morgan fingerprint density at radius 1 is 1.21 bits per heavy atom. The number of carbonyl (C=O) groups is 1. The van der Waals surface area contributed by atoms with Crippen LogP contribution in [0.15, 0.2) is 42.0 Å². The smallest absolute Gasteiger partial charge is 0.416 e. The molecule has 1 unspecified atom stereocenters. The number of aryl methyl sites for hydroxylation is 1. The van der Waals surface area contributed by atoms with Crippen LogP contribution in [0.25, 0.3) is 5.57 Å². The molecule has 0 saturated carbocycles. The highest BCUT2D eigenvalue weighted by atomic mass is 19.4. The summed E-state index contributed by atoms with van der Waals surface area (Å²) in [6.07, 6.45) is -4.02. The maximum Gasteiger partial charge on any atom is 0.416 e. The fourth-order valence-corrected chi connectivity index (χ4v) is 5.62. The molecule has 2 aromatic rings. The predicted octanol–water partition coefficient (Wildman–Crippen LogP) is 7.62. The molecule has 1 heterocycles. The van der Waals surface area contributed by atoms with Crippen molar-refractivity contribution in [2.24, 2.45) is 5.41 Å². The fourth-order valence-electron chi connectivity index (χ4n) is 5.62. The Balaban J connectivity index is 1.72. The molecule has 1 aliphatic heterocycles. The summed E-state index contributed by atoms with van der Waals surface area (Å²) >= 11 is 0. The van der Waals surface area contributed by atoms with Gasteiger partial charge in [-0.05, 0) is 92.0 Å². The van der Waals surface area contributed by atoms with Crippen LogP contribution in [0, 0.1) is 12.3 Å². The lowest BCUT2D eigenvalue weighted by molar-refractivity contribution is -0.137. The topological polar surface area (TPSA) is 59.0 Å². The number of aliphatic hydroxyl groups is 1. The number of benzene rings is 2. The lowest BCUT2D eigenvalue weighted by Crippen LogP contribution is -2.35. The molecule has 1 amide bonds. The summed E-state index contributed by atoms with van der Waals surface area (Å²) in [4.78, 5) is 14.7. The van der Waals surface area contributed by atoms with Crippen LogP contribution in [0.5, 0.6) is 5.75 Å². The molecular weight excluding hydrogens is 495 g/mol. The summed E-state index contributed by atoms with van der Waals surface area (Å²) in [5, 5.41) is 10.2. The number of hydrogen-bond acceptors (Lipinski definition) is 4. The second-order valence-corrected chi connectivity index (χ2v) is 11.4. The summed E-state index contributed by atoms with van der Waals surface area (Å²) in [5.74, 6) is 0.691. The zero-order valence-electron chi connectivity index (χ0n) is 22.8. The van der Waals surface area contributed by atoms with Gasteiger partial charge in [-0.25, -0.2) is 4.79 Å². The molecule has 4 rings (SSSR count). The van der Waals surface area contributed by atoms with Gasteiger partial charge in [-0.15, -0.1) is 0 Å². The number of cyclic esters (lactones) is 1. The highest BCUT2D eigenvalue weighted by molar-refractivity contribution is 5.77. The highest BCUT2D eigenvalue weighted by Gasteiger charge is 2.42. The summed E-state index contributed by atoms with van der Waals surface area (Å²) < 4.78 is 51.7. The average molecular weight is 532 g/mol. The summed E-state index contributed by atoms with van der Waals surface area (Å²) in [6, 6.07) is 8.98. The maximum absolute atomic E-state index is 13.5. The zero-order chi connectivity index (χ0) is 28.0. The van der Waals surface area contributed by atoms with Gasteiger partial charge in [-0.3, -0.25) is 4.90 Å². The number of nitrogens with zero attached hydrogens (tertiary/aromatic N) is 1. The van der Waals surface area contributed by atoms with Gasteiger partial charge in [0.1, 0.15) is 11.9 Å². The van der Waals surface area contributed by atoms with Gasteiger partial charge < -0.3 is 14.6 Å². The van der Waals surface area contributed by atoms with Gasteiger partial charge in [0.25, 0.3) is 0 Å². The Morgan fingerprint density at radius 3 is 2.55 bits per heavy atom. The second-order valence-electron chi connectivity index (χ2n) is 11.4. The summed E-state index contributed by atoms with van der Waals surface area (Å²) in [7, 11) is 1.61. The number of hydrogen-bond donors (Lipinski definition) is 1. The number of halogens is 3. The quantitative estimate of drug-likeness (QED) is 0.417. The third-order valence-electron chi connectivity index (χ3n) is 7.71. The van der Waals surface area contributed by atoms with Crippen molar-refractivity contribution < 1.29 is 32.5 Å². The third kappa shape index (κ3) is 5.70. The van der Waals surface area contributed by atoms with E-state index in [1.807, 2.05) is 25.1 Å². The van der Waals surface area contributed by atoms with Crippen molar-refractivity contribution in [2.45, 2.75) is 78.3 Å². The van der Waals surface area contributed by atoms with E-state index in [0.717, 1.165) is 53.7 Å². The Bertz CT molecular complexity index is 1250. The van der Waals surface area contributed by atoms with Crippen LogP contribution in [0.4, 0.5) is 18.0 Å². The number of rotatable bonds is 6. The van der Waals surface area contributed by atoms with Gasteiger partial charge in [0.05, 0.1) is 24.8 Å². The number of carbonyl (C=O) groups excluding carboxylic acids is 1. The molecule has 38 heavy (non-hydrogen) atoms. The van der Waals surface area contributed by atoms with Crippen LogP contribution in [0.2, 0.25) is 0 Å². The molecule has 0 aromatic heterocycles. The Morgan fingerprint density at radius 2 is 1.92 bits per heavy atom. The average Bonchev–Trinajstić information content (AvgIpc) is 3.10. The van der Waals surface area contributed by atoms with Crippen LogP contribution in [0.3, 0.4) is 0 Å². The van der Waals surface area contributed by atoms with Crippen molar-refractivity contribution in [2.75, 3.05) is 13.7 Å². The van der Waals surface area contributed by atoms with Crippen molar-refractivity contribution >= 4 is 11.7 Å². The van der Waals surface area contributed by atoms with Crippen molar-refractivity contribution in [3.8, 4) is 5.75 Å². The lowest BCUT2D eigenvalue weighted by Gasteiger charge is -2.36. The normalized spacial score (nSPS) is 22.5. The van der Waals surface area contributed by atoms with E-state index in [4.69, 9.17) is 9.47 Å². The summed E-state index contributed by atoms with van der Waals surface area (Å²) in [6.45, 7) is 9.81. The molecule has 1 saturated heterocycles. The molecular formula is C30H36F3NO4. The van der Waals surface area contributed by atoms with E-state index >= 15 is 0 Å². The molecule has 8 heteroatoms. The fraction of sp³-hybridized carbons (Fsp3) is 0.500. The van der Waals surface area contributed by atoms with Gasteiger partial charge in [0.2, 0.25) is 0 Å². The van der Waals surface area contributed by atoms with Gasteiger partial charge in [-0.1, -0.05) is 31.5 Å². The number of alkyl halides is 3. The van der Waals surface area contributed by atoms with E-state index in [1.165, 1.54) is 0 Å². The Kier molecular flexibility index (Phi) is 7.58. The molecule has 1 fully saturated rings. The van der Waals surface area contributed by atoms with Gasteiger partial charge in [-0.2, -0.15) is 13.2 Å². The molecule has 5 nitrogen and oxygen atoms in total. The van der Waals surface area contributed by atoms with Crippen LogP contribution >= 0.6 is 0 Å². The Labute approximate surface area is 222 Å². The second kappa shape index (κ2) is 10.3. The monoisotopic (exact) mass is 531 g/mol. The Hall–Kier alpha value is -3.00. The number of methoxy groups -OCH3 is 1. The predicted molar refractivity (Wildman–Crippen MR) is 140 cm³/mol. The van der Waals surface area contributed by atoms with Gasteiger partial charge in [0, 0.05) is 12.1 Å². The van der Waals surface area contributed by atoms with Crippen molar-refractivity contribution in [1.29, 1.82) is 0 Å². The molecule has 0 spiro atoms. The van der Waals surface area contributed by atoms with E-state index in [1.54, 1.807) is 31.9 Å². The number of ether oxygens (including phenoxy) is 2. The molecule has 1 aliphatic carbocycles. The first-order valence-corrected chi connectivity index (χ1v) is 12.9. The van der Waals surface area contributed by atoms with E-state index in [-0.39, 0.29) is 5.41 Å². The molecule has 206 valence electrons.